The zero-order chi connectivity index (χ0) is 13.3. The average molecular weight is 313 g/mol. The summed E-state index contributed by atoms with van der Waals surface area (Å²) in [5.74, 6) is -0.441. The lowest BCUT2D eigenvalue weighted by molar-refractivity contribution is 0.204. The Morgan fingerprint density at radius 1 is 1.50 bits per heavy atom. The number of rotatable bonds is 3. The Balaban J connectivity index is 2.44. The first kappa shape index (κ1) is 13.2. The molecule has 5 heteroatoms. The van der Waals surface area contributed by atoms with Crippen LogP contribution in [0.5, 0.6) is 0 Å². The van der Waals surface area contributed by atoms with E-state index in [9.17, 15) is 9.50 Å². The summed E-state index contributed by atoms with van der Waals surface area (Å²) in [5.41, 5.74) is 1.71. The van der Waals surface area contributed by atoms with Gasteiger partial charge in [0.1, 0.15) is 11.9 Å². The number of aromatic nitrogens is 2. The van der Waals surface area contributed by atoms with Gasteiger partial charge >= 0.3 is 0 Å². The molecule has 1 heterocycles. The fraction of sp³-hybridized carbons (Fsp3) is 0.308. The second-order valence-electron chi connectivity index (χ2n) is 4.08. The van der Waals surface area contributed by atoms with E-state index in [-0.39, 0.29) is 5.56 Å². The van der Waals surface area contributed by atoms with Gasteiger partial charge in [0.05, 0.1) is 15.9 Å². The molecule has 1 aromatic carbocycles. The number of hydrogen-bond donors (Lipinski definition) is 1. The first-order valence-corrected chi connectivity index (χ1v) is 6.48. The Morgan fingerprint density at radius 2 is 2.22 bits per heavy atom. The van der Waals surface area contributed by atoms with Gasteiger partial charge in [-0.15, -0.1) is 0 Å². The molecule has 0 aliphatic heterocycles. The van der Waals surface area contributed by atoms with Crippen LogP contribution < -0.4 is 0 Å². The Hall–Kier alpha value is -1.20. The van der Waals surface area contributed by atoms with Gasteiger partial charge in [-0.2, -0.15) is 5.10 Å². The number of hydrogen-bond acceptors (Lipinski definition) is 2. The highest BCUT2D eigenvalue weighted by molar-refractivity contribution is 9.10. The molecule has 0 bridgehead atoms. The third-order valence-corrected chi connectivity index (χ3v) is 3.50. The molecule has 0 saturated heterocycles. The second kappa shape index (κ2) is 5.20. The molecular formula is C13H14BrFN2O. The Morgan fingerprint density at radius 3 is 2.83 bits per heavy atom. The molecule has 0 aliphatic carbocycles. The van der Waals surface area contributed by atoms with Crippen molar-refractivity contribution in [1.29, 1.82) is 0 Å². The summed E-state index contributed by atoms with van der Waals surface area (Å²) in [6, 6.07) is 6.67. The lowest BCUT2D eigenvalue weighted by atomic mass is 10.1. The number of aryl methyl sites for hydroxylation is 2. The maximum Gasteiger partial charge on any atom is 0.143 e. The Bertz CT molecular complexity index is 568. The van der Waals surface area contributed by atoms with E-state index in [4.69, 9.17) is 0 Å². The van der Waals surface area contributed by atoms with Gasteiger partial charge < -0.3 is 5.11 Å². The molecule has 2 aromatic rings. The van der Waals surface area contributed by atoms with Crippen LogP contribution >= 0.6 is 15.9 Å². The molecule has 0 spiro atoms. The van der Waals surface area contributed by atoms with Gasteiger partial charge in [0.25, 0.3) is 0 Å². The third kappa shape index (κ3) is 2.33. The van der Waals surface area contributed by atoms with Crippen molar-refractivity contribution in [2.45, 2.75) is 19.4 Å². The smallest absolute Gasteiger partial charge is 0.143 e. The molecular weight excluding hydrogens is 299 g/mol. The van der Waals surface area contributed by atoms with Crippen LogP contribution in [-0.4, -0.2) is 14.9 Å². The number of nitrogens with zero attached hydrogens (tertiary/aromatic N) is 2. The molecule has 1 aromatic heterocycles. The quantitative estimate of drug-likeness (QED) is 0.946. The van der Waals surface area contributed by atoms with Crippen molar-refractivity contribution in [2.24, 2.45) is 7.05 Å². The van der Waals surface area contributed by atoms with Gasteiger partial charge in [0, 0.05) is 12.6 Å². The van der Waals surface area contributed by atoms with Crippen LogP contribution in [0.2, 0.25) is 0 Å². The van der Waals surface area contributed by atoms with E-state index in [2.05, 4.69) is 21.0 Å². The lowest BCUT2D eigenvalue weighted by Crippen LogP contribution is -2.08. The summed E-state index contributed by atoms with van der Waals surface area (Å²) in [6.07, 6.45) is -0.234. The lowest BCUT2D eigenvalue weighted by Gasteiger charge is -2.12. The normalized spacial score (nSPS) is 12.7. The van der Waals surface area contributed by atoms with Crippen molar-refractivity contribution < 1.29 is 9.50 Å². The van der Waals surface area contributed by atoms with E-state index in [1.807, 2.05) is 6.92 Å². The highest BCUT2D eigenvalue weighted by atomic mass is 79.9. The van der Waals surface area contributed by atoms with E-state index in [1.54, 1.807) is 36.0 Å². The van der Waals surface area contributed by atoms with Crippen molar-refractivity contribution in [3.05, 3.63) is 51.5 Å². The van der Waals surface area contributed by atoms with Gasteiger partial charge in [0.2, 0.25) is 0 Å². The van der Waals surface area contributed by atoms with Crippen LogP contribution in [0.1, 0.15) is 30.0 Å². The minimum Gasteiger partial charge on any atom is -0.382 e. The molecule has 96 valence electrons. The van der Waals surface area contributed by atoms with Crippen molar-refractivity contribution in [3.63, 3.8) is 0 Å². The van der Waals surface area contributed by atoms with E-state index >= 15 is 0 Å². The molecule has 0 fully saturated rings. The summed E-state index contributed by atoms with van der Waals surface area (Å²) in [4.78, 5) is 0. The fourth-order valence-corrected chi connectivity index (χ4v) is 2.24. The molecule has 2 rings (SSSR count). The zero-order valence-electron chi connectivity index (χ0n) is 10.2. The highest BCUT2D eigenvalue weighted by Crippen LogP contribution is 2.28. The molecule has 0 aliphatic rings. The Kier molecular flexibility index (Phi) is 3.82. The van der Waals surface area contributed by atoms with Gasteiger partial charge in [0.15, 0.2) is 0 Å². The predicted molar refractivity (Wildman–Crippen MR) is 70.7 cm³/mol. The predicted octanol–water partition coefficient (Wildman–Crippen LogP) is 2.97. The first-order valence-electron chi connectivity index (χ1n) is 5.69. The molecule has 18 heavy (non-hydrogen) atoms. The summed E-state index contributed by atoms with van der Waals surface area (Å²) in [6.45, 7) is 1.98. The standard InChI is InChI=1S/C13H14BrFN2O/c1-3-8-7-11(17(2)16-8)13(18)9-5-4-6-10(14)12(9)15/h4-7,13,18H,3H2,1-2H3. The summed E-state index contributed by atoms with van der Waals surface area (Å²) in [5, 5.41) is 14.5. The van der Waals surface area contributed by atoms with Gasteiger partial charge in [-0.3, -0.25) is 4.68 Å². The summed E-state index contributed by atoms with van der Waals surface area (Å²) >= 11 is 3.12. The SMILES string of the molecule is CCc1cc(C(O)c2cccc(Br)c2F)n(C)n1. The van der Waals surface area contributed by atoms with Crippen molar-refractivity contribution in [1.82, 2.24) is 9.78 Å². The van der Waals surface area contributed by atoms with Gasteiger partial charge in [-0.25, -0.2) is 4.39 Å². The summed E-state index contributed by atoms with van der Waals surface area (Å²) < 4.78 is 15.9. The van der Waals surface area contributed by atoms with Crippen molar-refractivity contribution >= 4 is 15.9 Å². The number of halogens is 2. The molecule has 0 radical (unpaired) electrons. The molecule has 1 N–H and O–H groups in total. The molecule has 0 amide bonds. The topological polar surface area (TPSA) is 38.0 Å². The largest absolute Gasteiger partial charge is 0.382 e. The fourth-order valence-electron chi connectivity index (χ4n) is 1.86. The molecule has 0 saturated carbocycles. The van der Waals surface area contributed by atoms with Crippen LogP contribution in [0, 0.1) is 5.82 Å². The monoisotopic (exact) mass is 312 g/mol. The number of aliphatic hydroxyl groups excluding tert-OH is 1. The van der Waals surface area contributed by atoms with E-state index in [0.717, 1.165) is 12.1 Å². The van der Waals surface area contributed by atoms with E-state index in [1.165, 1.54) is 0 Å². The second-order valence-corrected chi connectivity index (χ2v) is 4.94. The number of aliphatic hydroxyl groups is 1. The highest BCUT2D eigenvalue weighted by Gasteiger charge is 2.20. The van der Waals surface area contributed by atoms with Crippen LogP contribution in [0.15, 0.2) is 28.7 Å². The maximum atomic E-state index is 13.9. The van der Waals surface area contributed by atoms with E-state index in [0.29, 0.717) is 10.2 Å². The van der Waals surface area contributed by atoms with Gasteiger partial charge in [-0.05, 0) is 34.5 Å². The van der Waals surface area contributed by atoms with Crippen LogP contribution in [0.4, 0.5) is 4.39 Å². The zero-order valence-corrected chi connectivity index (χ0v) is 11.8. The van der Waals surface area contributed by atoms with Gasteiger partial charge in [-0.1, -0.05) is 19.1 Å². The van der Waals surface area contributed by atoms with Crippen molar-refractivity contribution in [2.75, 3.05) is 0 Å². The van der Waals surface area contributed by atoms with Crippen LogP contribution in [0.25, 0.3) is 0 Å². The third-order valence-electron chi connectivity index (χ3n) is 2.89. The Labute approximate surface area is 113 Å². The first-order chi connectivity index (χ1) is 8.54. The summed E-state index contributed by atoms with van der Waals surface area (Å²) in [7, 11) is 1.74. The minimum atomic E-state index is -1.01. The van der Waals surface area contributed by atoms with Crippen molar-refractivity contribution in [3.8, 4) is 0 Å². The average Bonchev–Trinajstić information content (AvgIpc) is 2.73. The van der Waals surface area contributed by atoms with E-state index < -0.39 is 11.9 Å². The molecule has 1 atom stereocenters. The number of benzene rings is 1. The molecule has 3 nitrogen and oxygen atoms in total. The van der Waals surface area contributed by atoms with Crippen LogP contribution in [0.3, 0.4) is 0 Å². The minimum absolute atomic E-state index is 0.245. The van der Waals surface area contributed by atoms with Crippen LogP contribution in [-0.2, 0) is 13.5 Å². The molecule has 1 unspecified atom stereocenters. The maximum absolute atomic E-state index is 13.9.